The third-order valence-electron chi connectivity index (χ3n) is 3.32. The maximum atomic E-state index is 5.53. The molecule has 1 aromatic heterocycles. The Bertz CT molecular complexity index is 515. The largest absolute Gasteiger partial charge is 0.497 e. The summed E-state index contributed by atoms with van der Waals surface area (Å²) in [5.74, 6) is 1.68. The Morgan fingerprint density at radius 1 is 1.35 bits per heavy atom. The predicted molar refractivity (Wildman–Crippen MR) is 67.3 cm³/mol. The number of aromatic nitrogens is 2. The van der Waals surface area contributed by atoms with E-state index in [1.807, 2.05) is 25.1 Å². The average molecular weight is 234 g/mol. The van der Waals surface area contributed by atoms with Crippen LogP contribution in [0.25, 0.3) is 11.0 Å². The molecule has 1 aromatic carbocycles. The van der Waals surface area contributed by atoms with Gasteiger partial charge < -0.3 is 14.5 Å². The van der Waals surface area contributed by atoms with Crippen molar-refractivity contribution in [2.75, 3.05) is 14.2 Å². The van der Waals surface area contributed by atoms with Crippen molar-refractivity contribution in [3.05, 3.63) is 24.0 Å². The summed E-state index contributed by atoms with van der Waals surface area (Å²) in [6, 6.07) is 5.79. The fraction of sp³-hybridized carbons (Fsp3) is 0.462. The van der Waals surface area contributed by atoms with Crippen LogP contribution in [0.15, 0.2) is 18.2 Å². The monoisotopic (exact) mass is 234 g/mol. The second-order valence-electron chi connectivity index (χ2n) is 4.26. The topological polar surface area (TPSA) is 47.1 Å². The molecule has 2 aromatic rings. The van der Waals surface area contributed by atoms with Crippen LogP contribution in [0.2, 0.25) is 0 Å². The molecule has 1 atom stereocenters. The Hall–Kier alpha value is -1.55. The summed E-state index contributed by atoms with van der Waals surface area (Å²) in [4.78, 5) is 7.86. The van der Waals surface area contributed by atoms with Gasteiger partial charge in [0.1, 0.15) is 17.2 Å². The zero-order valence-corrected chi connectivity index (χ0v) is 10.7. The number of hydrogen-bond donors (Lipinski definition) is 1. The van der Waals surface area contributed by atoms with E-state index >= 15 is 0 Å². The molecular weight excluding hydrogens is 216 g/mol. The first-order valence-corrected chi connectivity index (χ1v) is 5.72. The molecule has 0 saturated heterocycles. The molecule has 0 fully saturated rings. The fourth-order valence-electron chi connectivity index (χ4n) is 1.77. The summed E-state index contributed by atoms with van der Waals surface area (Å²) >= 11 is 0. The number of nitrogens with one attached hydrogen (secondary N) is 1. The van der Waals surface area contributed by atoms with Crippen LogP contribution in [0.4, 0.5) is 0 Å². The number of H-pyrrole nitrogens is 1. The minimum Gasteiger partial charge on any atom is -0.497 e. The van der Waals surface area contributed by atoms with Crippen LogP contribution in [0.1, 0.15) is 26.1 Å². The van der Waals surface area contributed by atoms with Gasteiger partial charge in [0.15, 0.2) is 0 Å². The van der Waals surface area contributed by atoms with Crippen LogP contribution in [0, 0.1) is 0 Å². The summed E-state index contributed by atoms with van der Waals surface area (Å²) in [7, 11) is 3.36. The van der Waals surface area contributed by atoms with Crippen molar-refractivity contribution in [2.24, 2.45) is 0 Å². The molecule has 2 rings (SSSR count). The minimum absolute atomic E-state index is 0.369. The third-order valence-corrected chi connectivity index (χ3v) is 3.32. The van der Waals surface area contributed by atoms with E-state index in [4.69, 9.17) is 9.47 Å². The summed E-state index contributed by atoms with van der Waals surface area (Å²) in [6.07, 6.45) is 0.862. The molecule has 0 aliphatic rings. The SMILES string of the molecule is CCC(C)(OC)c1nc2ccc(OC)cc2[nH]1. The summed E-state index contributed by atoms with van der Waals surface area (Å²) in [6.45, 7) is 4.11. The molecular formula is C13H18N2O2. The van der Waals surface area contributed by atoms with E-state index in [0.29, 0.717) is 0 Å². The van der Waals surface area contributed by atoms with E-state index in [9.17, 15) is 0 Å². The highest BCUT2D eigenvalue weighted by Crippen LogP contribution is 2.28. The van der Waals surface area contributed by atoms with Gasteiger partial charge in [0, 0.05) is 13.2 Å². The van der Waals surface area contributed by atoms with Gasteiger partial charge >= 0.3 is 0 Å². The van der Waals surface area contributed by atoms with Gasteiger partial charge in [-0.15, -0.1) is 0 Å². The van der Waals surface area contributed by atoms with Crippen molar-refractivity contribution in [1.29, 1.82) is 0 Å². The molecule has 1 heterocycles. The molecule has 0 amide bonds. The van der Waals surface area contributed by atoms with Gasteiger partial charge in [0.25, 0.3) is 0 Å². The highest BCUT2D eigenvalue weighted by molar-refractivity contribution is 5.77. The van der Waals surface area contributed by atoms with Crippen molar-refractivity contribution in [3.8, 4) is 5.75 Å². The standard InChI is InChI=1S/C13H18N2O2/c1-5-13(2,17-4)12-14-10-7-6-9(16-3)8-11(10)15-12/h6-8H,5H2,1-4H3,(H,14,15). The van der Waals surface area contributed by atoms with Crippen molar-refractivity contribution in [1.82, 2.24) is 9.97 Å². The fourth-order valence-corrected chi connectivity index (χ4v) is 1.77. The molecule has 0 bridgehead atoms. The van der Waals surface area contributed by atoms with E-state index in [2.05, 4.69) is 16.9 Å². The molecule has 4 nitrogen and oxygen atoms in total. The lowest BCUT2D eigenvalue weighted by atomic mass is 10.0. The maximum Gasteiger partial charge on any atom is 0.139 e. The number of fused-ring (bicyclic) bond motifs is 1. The molecule has 17 heavy (non-hydrogen) atoms. The number of aromatic amines is 1. The van der Waals surface area contributed by atoms with E-state index < -0.39 is 0 Å². The number of methoxy groups -OCH3 is 2. The zero-order valence-electron chi connectivity index (χ0n) is 10.7. The van der Waals surface area contributed by atoms with Crippen molar-refractivity contribution < 1.29 is 9.47 Å². The van der Waals surface area contributed by atoms with E-state index in [1.54, 1.807) is 14.2 Å². The van der Waals surface area contributed by atoms with Crippen LogP contribution < -0.4 is 4.74 Å². The van der Waals surface area contributed by atoms with Crippen molar-refractivity contribution in [3.63, 3.8) is 0 Å². The van der Waals surface area contributed by atoms with Gasteiger partial charge in [-0.05, 0) is 25.5 Å². The number of nitrogens with zero attached hydrogens (tertiary/aromatic N) is 1. The Labute approximate surface area is 101 Å². The second kappa shape index (κ2) is 4.37. The Morgan fingerprint density at radius 2 is 2.12 bits per heavy atom. The molecule has 4 heteroatoms. The van der Waals surface area contributed by atoms with Crippen molar-refractivity contribution >= 4 is 11.0 Å². The minimum atomic E-state index is -0.369. The first-order chi connectivity index (χ1) is 8.12. The van der Waals surface area contributed by atoms with E-state index in [-0.39, 0.29) is 5.60 Å². The van der Waals surface area contributed by atoms with E-state index in [0.717, 1.165) is 29.0 Å². The molecule has 0 radical (unpaired) electrons. The second-order valence-corrected chi connectivity index (χ2v) is 4.26. The summed E-state index contributed by atoms with van der Waals surface area (Å²) in [5.41, 5.74) is 1.53. The van der Waals surface area contributed by atoms with Crippen LogP contribution in [-0.2, 0) is 10.3 Å². The van der Waals surface area contributed by atoms with Gasteiger partial charge in [-0.2, -0.15) is 0 Å². The molecule has 0 aliphatic heterocycles. The van der Waals surface area contributed by atoms with Gasteiger partial charge in [0.05, 0.1) is 18.1 Å². The molecule has 1 unspecified atom stereocenters. The first-order valence-electron chi connectivity index (χ1n) is 5.72. The van der Waals surface area contributed by atoms with E-state index in [1.165, 1.54) is 0 Å². The quantitative estimate of drug-likeness (QED) is 0.884. The van der Waals surface area contributed by atoms with Gasteiger partial charge in [-0.3, -0.25) is 0 Å². The predicted octanol–water partition coefficient (Wildman–Crippen LogP) is 2.84. The number of rotatable bonds is 4. The Morgan fingerprint density at radius 3 is 2.71 bits per heavy atom. The number of benzene rings is 1. The molecule has 0 spiro atoms. The lowest BCUT2D eigenvalue weighted by Gasteiger charge is -2.23. The first kappa shape index (κ1) is 11.9. The number of hydrogen-bond acceptors (Lipinski definition) is 3. The summed E-state index contributed by atoms with van der Waals surface area (Å²) in [5, 5.41) is 0. The number of imidazole rings is 1. The molecule has 0 aliphatic carbocycles. The van der Waals surface area contributed by atoms with Crippen LogP contribution in [0.5, 0.6) is 5.75 Å². The molecule has 92 valence electrons. The lowest BCUT2D eigenvalue weighted by molar-refractivity contribution is -0.00803. The third kappa shape index (κ3) is 2.00. The summed E-state index contributed by atoms with van der Waals surface area (Å²) < 4.78 is 10.7. The Balaban J connectivity index is 2.50. The van der Waals surface area contributed by atoms with Crippen LogP contribution >= 0.6 is 0 Å². The van der Waals surface area contributed by atoms with Gasteiger partial charge in [-0.1, -0.05) is 6.92 Å². The highest BCUT2D eigenvalue weighted by atomic mass is 16.5. The molecule has 0 saturated carbocycles. The van der Waals surface area contributed by atoms with Crippen LogP contribution in [-0.4, -0.2) is 24.2 Å². The zero-order chi connectivity index (χ0) is 12.5. The number of ether oxygens (including phenoxy) is 2. The van der Waals surface area contributed by atoms with Crippen molar-refractivity contribution in [2.45, 2.75) is 25.9 Å². The molecule has 1 N–H and O–H groups in total. The van der Waals surface area contributed by atoms with Crippen LogP contribution in [0.3, 0.4) is 0 Å². The lowest BCUT2D eigenvalue weighted by Crippen LogP contribution is -2.24. The van der Waals surface area contributed by atoms with Gasteiger partial charge in [0.2, 0.25) is 0 Å². The Kier molecular flexibility index (Phi) is 3.07. The average Bonchev–Trinajstić information content (AvgIpc) is 2.80. The smallest absolute Gasteiger partial charge is 0.139 e. The maximum absolute atomic E-state index is 5.53. The van der Waals surface area contributed by atoms with Gasteiger partial charge in [-0.25, -0.2) is 4.98 Å². The highest BCUT2D eigenvalue weighted by Gasteiger charge is 2.27. The normalized spacial score (nSPS) is 14.8.